The minimum atomic E-state index is -0.526. The quantitative estimate of drug-likeness (QED) is 0.167. The van der Waals surface area contributed by atoms with Gasteiger partial charge in [0.2, 0.25) is 0 Å². The number of imidazole rings is 1. The summed E-state index contributed by atoms with van der Waals surface area (Å²) in [5, 5.41) is 3.51. The Bertz CT molecular complexity index is 3510. The summed E-state index contributed by atoms with van der Waals surface area (Å²) in [6.07, 6.45) is 0. The van der Waals surface area contributed by atoms with E-state index in [0.717, 1.165) is 55.4 Å². The van der Waals surface area contributed by atoms with Crippen LogP contribution in [0, 0.1) is 0 Å². The monoisotopic (exact) mass is 766 g/mol. The van der Waals surface area contributed by atoms with Gasteiger partial charge in [0.15, 0.2) is 23.0 Å². The Labute approximate surface area is 346 Å². The molecule has 3 heterocycles. The molecule has 0 bridgehead atoms. The lowest BCUT2D eigenvalue weighted by atomic mass is 9.67. The summed E-state index contributed by atoms with van der Waals surface area (Å²) >= 11 is 0. The first kappa shape index (κ1) is 33.1. The number of fused-ring (bicyclic) bond motifs is 13. The number of nitrogens with zero attached hydrogens (tertiary/aromatic N) is 2. The van der Waals surface area contributed by atoms with E-state index in [0.29, 0.717) is 23.0 Å². The number of para-hydroxylation sites is 4. The minimum absolute atomic E-state index is 0.526. The van der Waals surface area contributed by atoms with Gasteiger partial charge in [0.25, 0.3) is 0 Å². The van der Waals surface area contributed by atoms with Gasteiger partial charge in [0.05, 0.1) is 22.0 Å². The first-order valence-corrected chi connectivity index (χ1v) is 20.4. The zero-order valence-electron chi connectivity index (χ0n) is 32.3. The Morgan fingerprint density at radius 3 is 1.90 bits per heavy atom. The Kier molecular flexibility index (Phi) is 6.90. The normalized spacial score (nSPS) is 13.4. The first-order chi connectivity index (χ1) is 29.7. The maximum atomic E-state index is 6.97. The number of pyridine rings is 1. The molecule has 0 N–H and O–H groups in total. The molecular weight excluding hydrogens is 733 g/mol. The second-order valence-corrected chi connectivity index (χ2v) is 15.8. The molecule has 0 amide bonds. The molecule has 0 spiro atoms. The Morgan fingerprint density at radius 1 is 0.383 bits per heavy atom. The van der Waals surface area contributed by atoms with Crippen LogP contribution in [0.5, 0.6) is 23.0 Å². The van der Waals surface area contributed by atoms with Crippen LogP contribution in [-0.2, 0) is 5.41 Å². The number of ether oxygens (including phenoxy) is 2. The predicted octanol–water partition coefficient (Wildman–Crippen LogP) is 14.4. The highest BCUT2D eigenvalue weighted by Gasteiger charge is 2.47. The highest BCUT2D eigenvalue weighted by molar-refractivity contribution is 6.14. The van der Waals surface area contributed by atoms with Crippen molar-refractivity contribution in [2.45, 2.75) is 5.41 Å². The van der Waals surface area contributed by atoms with Crippen molar-refractivity contribution in [3.05, 3.63) is 229 Å². The van der Waals surface area contributed by atoms with Gasteiger partial charge in [0, 0.05) is 16.3 Å². The SMILES string of the molecule is c1ccc(C2(c3ccccc3)c3ccccc3-c3cc4c(cc32)Oc2cccc(-c3cccc(-c5ccc6c7ccccc7n7c8ccccc8nc7c6c5)c3)c2O4)cc1. The van der Waals surface area contributed by atoms with Crippen molar-refractivity contribution < 1.29 is 9.47 Å². The number of hydrogen-bond acceptors (Lipinski definition) is 3. The highest BCUT2D eigenvalue weighted by atomic mass is 16.6. The fraction of sp³-hybridized carbons (Fsp3) is 0.0179. The van der Waals surface area contributed by atoms with Gasteiger partial charge in [-0.2, -0.15) is 0 Å². The summed E-state index contributed by atoms with van der Waals surface area (Å²) in [5.74, 6) is 2.81. The second-order valence-electron chi connectivity index (χ2n) is 15.8. The van der Waals surface area contributed by atoms with Gasteiger partial charge in [-0.3, -0.25) is 4.40 Å². The van der Waals surface area contributed by atoms with E-state index in [1.807, 2.05) is 6.07 Å². The molecule has 0 atom stereocenters. The van der Waals surface area contributed by atoms with Crippen LogP contribution >= 0.6 is 0 Å². The fourth-order valence-corrected chi connectivity index (χ4v) is 10.1. The second kappa shape index (κ2) is 12.5. The summed E-state index contributed by atoms with van der Waals surface area (Å²) in [6.45, 7) is 0. The van der Waals surface area contributed by atoms with Gasteiger partial charge in [-0.15, -0.1) is 0 Å². The highest BCUT2D eigenvalue weighted by Crippen LogP contribution is 2.60. The number of rotatable bonds is 4. The van der Waals surface area contributed by atoms with Crippen molar-refractivity contribution in [1.29, 1.82) is 0 Å². The fourth-order valence-electron chi connectivity index (χ4n) is 10.1. The van der Waals surface area contributed by atoms with Gasteiger partial charge in [-0.05, 0) is 104 Å². The zero-order valence-corrected chi connectivity index (χ0v) is 32.3. The van der Waals surface area contributed by atoms with Crippen LogP contribution in [0.25, 0.3) is 71.7 Å². The van der Waals surface area contributed by atoms with Crippen LogP contribution in [0.4, 0.5) is 0 Å². The topological polar surface area (TPSA) is 35.8 Å². The van der Waals surface area contributed by atoms with Crippen molar-refractivity contribution in [1.82, 2.24) is 9.38 Å². The third kappa shape index (κ3) is 4.59. The first-order valence-electron chi connectivity index (χ1n) is 20.4. The third-order valence-corrected chi connectivity index (χ3v) is 12.7. The van der Waals surface area contributed by atoms with E-state index < -0.39 is 5.41 Å². The summed E-state index contributed by atoms with van der Waals surface area (Å²) in [6, 6.07) is 73.5. The molecule has 0 radical (unpaired) electrons. The average molecular weight is 767 g/mol. The van der Waals surface area contributed by atoms with E-state index in [9.17, 15) is 0 Å². The van der Waals surface area contributed by atoms with Gasteiger partial charge < -0.3 is 9.47 Å². The standard InChI is InChI=1S/C56H34N2O2/c1-3-17-38(18-4-1)56(39-19-5-2-6-20-39)46-24-9-7-21-42(46)44-33-52-53(34-47(44)56)59-51-28-14-23-40(54(51)60-52)37-16-13-15-35(31-37)36-29-30-41-43-22-8-11-26-49(43)58-50-27-12-10-25-48(50)57-55(58)45(41)32-36/h1-34H. The van der Waals surface area contributed by atoms with Crippen LogP contribution in [0.15, 0.2) is 206 Å². The summed E-state index contributed by atoms with van der Waals surface area (Å²) in [7, 11) is 0. The molecule has 13 rings (SSSR count). The molecule has 11 aromatic rings. The van der Waals surface area contributed by atoms with Gasteiger partial charge >= 0.3 is 0 Å². The molecule has 0 fully saturated rings. The summed E-state index contributed by atoms with van der Waals surface area (Å²) < 4.78 is 16.1. The van der Waals surface area contributed by atoms with Crippen molar-refractivity contribution >= 4 is 38.4 Å². The van der Waals surface area contributed by atoms with Crippen LogP contribution in [0.3, 0.4) is 0 Å². The van der Waals surface area contributed by atoms with E-state index >= 15 is 0 Å². The van der Waals surface area contributed by atoms with Gasteiger partial charge in [-0.1, -0.05) is 158 Å². The van der Waals surface area contributed by atoms with E-state index in [1.165, 1.54) is 38.6 Å². The van der Waals surface area contributed by atoms with E-state index in [-0.39, 0.29) is 0 Å². The van der Waals surface area contributed by atoms with Gasteiger partial charge in [-0.25, -0.2) is 4.98 Å². The Morgan fingerprint density at radius 2 is 1.05 bits per heavy atom. The number of aromatic nitrogens is 2. The van der Waals surface area contributed by atoms with E-state index in [1.54, 1.807) is 0 Å². The third-order valence-electron chi connectivity index (χ3n) is 12.7. The average Bonchev–Trinajstić information content (AvgIpc) is 3.85. The molecule has 4 nitrogen and oxygen atoms in total. The molecule has 1 aliphatic carbocycles. The number of benzene rings is 9. The maximum absolute atomic E-state index is 6.97. The molecule has 280 valence electrons. The van der Waals surface area contributed by atoms with E-state index in [4.69, 9.17) is 14.5 Å². The van der Waals surface area contributed by atoms with Crippen LogP contribution in [0.1, 0.15) is 22.3 Å². The molecule has 2 aliphatic rings. The maximum Gasteiger partial charge on any atom is 0.177 e. The lowest BCUT2D eigenvalue weighted by Gasteiger charge is -2.34. The smallest absolute Gasteiger partial charge is 0.177 e. The van der Waals surface area contributed by atoms with Crippen LogP contribution < -0.4 is 9.47 Å². The zero-order chi connectivity index (χ0) is 39.4. The predicted molar refractivity (Wildman–Crippen MR) is 242 cm³/mol. The molecule has 1 aliphatic heterocycles. The van der Waals surface area contributed by atoms with Gasteiger partial charge in [0.1, 0.15) is 5.65 Å². The van der Waals surface area contributed by atoms with Crippen molar-refractivity contribution in [2.75, 3.05) is 0 Å². The molecular formula is C56H34N2O2. The van der Waals surface area contributed by atoms with Crippen molar-refractivity contribution in [2.24, 2.45) is 0 Å². The largest absolute Gasteiger partial charge is 0.449 e. The van der Waals surface area contributed by atoms with Crippen molar-refractivity contribution in [3.63, 3.8) is 0 Å². The summed E-state index contributed by atoms with van der Waals surface area (Å²) in [5.41, 5.74) is 15.1. The van der Waals surface area contributed by atoms with Crippen LogP contribution in [0.2, 0.25) is 0 Å². The lowest BCUT2D eigenvalue weighted by Crippen LogP contribution is -2.28. The molecule has 60 heavy (non-hydrogen) atoms. The lowest BCUT2D eigenvalue weighted by molar-refractivity contribution is 0.360. The molecule has 0 saturated carbocycles. The molecule has 0 unspecified atom stereocenters. The Balaban J connectivity index is 0.933. The van der Waals surface area contributed by atoms with Crippen LogP contribution in [-0.4, -0.2) is 9.38 Å². The minimum Gasteiger partial charge on any atom is -0.449 e. The number of hydrogen-bond donors (Lipinski definition) is 0. The molecule has 0 saturated heterocycles. The molecule has 4 heteroatoms. The Hall–Kier alpha value is -7.95. The van der Waals surface area contributed by atoms with Crippen molar-refractivity contribution in [3.8, 4) is 56.4 Å². The van der Waals surface area contributed by atoms with E-state index in [2.05, 4.69) is 205 Å². The summed E-state index contributed by atoms with van der Waals surface area (Å²) in [4.78, 5) is 5.17. The molecule has 9 aromatic carbocycles. The molecule has 2 aromatic heterocycles.